The molecule has 1 amide bonds. The summed E-state index contributed by atoms with van der Waals surface area (Å²) in [7, 11) is 1.61. The van der Waals surface area contributed by atoms with Crippen LogP contribution in [0.4, 0.5) is 0 Å². The van der Waals surface area contributed by atoms with E-state index in [9.17, 15) is 13.2 Å². The van der Waals surface area contributed by atoms with Crippen LogP contribution in [0.3, 0.4) is 0 Å². The Bertz CT molecular complexity index is 898. The summed E-state index contributed by atoms with van der Waals surface area (Å²) in [6.07, 6.45) is 0. The van der Waals surface area contributed by atoms with Gasteiger partial charge in [0.1, 0.15) is 0 Å². The number of hydrogen-bond acceptors (Lipinski definition) is 4. The first-order valence-corrected chi connectivity index (χ1v) is 9.83. The van der Waals surface area contributed by atoms with Gasteiger partial charge in [-0.05, 0) is 50.5 Å². The quantitative estimate of drug-likeness (QED) is 0.753. The van der Waals surface area contributed by atoms with Crippen molar-refractivity contribution >= 4 is 27.5 Å². The maximum Gasteiger partial charge on any atom is 0.253 e. The van der Waals surface area contributed by atoms with Crippen LogP contribution in [0.15, 0.2) is 47.4 Å². The Morgan fingerprint density at radius 3 is 2.38 bits per heavy atom. The molecule has 0 aliphatic heterocycles. The number of hydrogen-bond donors (Lipinski definition) is 2. The fourth-order valence-corrected chi connectivity index (χ4v) is 3.42. The van der Waals surface area contributed by atoms with Gasteiger partial charge in [-0.1, -0.05) is 35.9 Å². The Kier molecular flexibility index (Phi) is 6.77. The summed E-state index contributed by atoms with van der Waals surface area (Å²) in [5.74, 6) is -0.428. The van der Waals surface area contributed by atoms with Crippen LogP contribution in [-0.2, 0) is 23.1 Å². The summed E-state index contributed by atoms with van der Waals surface area (Å²) < 4.78 is 26.1. The summed E-state index contributed by atoms with van der Waals surface area (Å²) in [6, 6.07) is 11.9. The van der Waals surface area contributed by atoms with Crippen molar-refractivity contribution in [3.05, 3.63) is 64.2 Å². The van der Waals surface area contributed by atoms with Crippen LogP contribution < -0.4 is 10.0 Å². The zero-order valence-electron chi connectivity index (χ0n) is 14.9. The average molecular weight is 396 g/mol. The molecule has 0 atom stereocenters. The molecule has 0 fully saturated rings. The van der Waals surface area contributed by atoms with E-state index in [1.54, 1.807) is 0 Å². The normalized spacial score (nSPS) is 11.6. The lowest BCUT2D eigenvalue weighted by atomic mass is 10.1. The zero-order valence-corrected chi connectivity index (χ0v) is 16.5. The highest BCUT2D eigenvalue weighted by molar-refractivity contribution is 7.89. The van der Waals surface area contributed by atoms with E-state index in [0.29, 0.717) is 6.54 Å². The number of halogens is 1. The largest absolute Gasteiger partial charge is 0.348 e. The topological polar surface area (TPSA) is 78.5 Å². The summed E-state index contributed by atoms with van der Waals surface area (Å²) in [4.78, 5) is 14.6. The third kappa shape index (κ3) is 5.04. The number of nitrogens with one attached hydrogen (secondary N) is 2. The molecule has 0 saturated carbocycles. The van der Waals surface area contributed by atoms with Gasteiger partial charge in [-0.25, -0.2) is 13.1 Å². The van der Waals surface area contributed by atoms with Gasteiger partial charge in [0.15, 0.2) is 0 Å². The Labute approximate surface area is 159 Å². The molecule has 2 aromatic rings. The van der Waals surface area contributed by atoms with E-state index in [1.807, 2.05) is 43.3 Å². The number of carbonyl (C=O) groups excluding carboxylic acids is 1. The molecule has 0 unspecified atom stereocenters. The predicted molar refractivity (Wildman–Crippen MR) is 103 cm³/mol. The molecule has 0 heterocycles. The van der Waals surface area contributed by atoms with Gasteiger partial charge < -0.3 is 10.2 Å². The molecule has 2 aromatic carbocycles. The summed E-state index contributed by atoms with van der Waals surface area (Å²) in [6.45, 7) is 1.07. The second-order valence-corrected chi connectivity index (χ2v) is 8.33. The van der Waals surface area contributed by atoms with Crippen LogP contribution in [-0.4, -0.2) is 40.4 Å². The summed E-state index contributed by atoms with van der Waals surface area (Å²) in [5.41, 5.74) is 2.22. The molecule has 140 valence electrons. The van der Waals surface area contributed by atoms with E-state index >= 15 is 0 Å². The first-order valence-electron chi connectivity index (χ1n) is 7.97. The van der Waals surface area contributed by atoms with Gasteiger partial charge >= 0.3 is 0 Å². The Hall–Kier alpha value is -1.93. The van der Waals surface area contributed by atoms with Gasteiger partial charge in [-0.15, -0.1) is 0 Å². The molecule has 0 bridgehead atoms. The van der Waals surface area contributed by atoms with Crippen LogP contribution in [0.5, 0.6) is 0 Å². The minimum atomic E-state index is -3.65. The van der Waals surface area contributed by atoms with Crippen LogP contribution in [0.1, 0.15) is 21.5 Å². The molecule has 2 rings (SSSR count). The number of rotatable bonds is 7. The standard InChI is InChI=1S/C18H22ClN3O3S/c1-20-26(24,25)15-8-9-17(19)16(10-15)18(23)21-11-13-6-4-5-7-14(13)12-22(2)3/h4-10,20H,11-12H2,1-3H3,(H,21,23). The third-order valence-corrected chi connectivity index (χ3v) is 5.55. The van der Waals surface area contributed by atoms with Crippen LogP contribution >= 0.6 is 11.6 Å². The molecule has 8 heteroatoms. The molecule has 0 aliphatic rings. The van der Waals surface area contributed by atoms with Crippen molar-refractivity contribution in [2.75, 3.05) is 21.1 Å². The Balaban J connectivity index is 2.20. The van der Waals surface area contributed by atoms with Crippen molar-refractivity contribution in [2.24, 2.45) is 0 Å². The van der Waals surface area contributed by atoms with Gasteiger partial charge in [-0.2, -0.15) is 0 Å². The second kappa shape index (κ2) is 8.64. The van der Waals surface area contributed by atoms with E-state index in [4.69, 9.17) is 11.6 Å². The molecule has 26 heavy (non-hydrogen) atoms. The van der Waals surface area contributed by atoms with E-state index in [0.717, 1.165) is 17.7 Å². The number of nitrogens with zero attached hydrogens (tertiary/aromatic N) is 1. The fourth-order valence-electron chi connectivity index (χ4n) is 2.46. The SMILES string of the molecule is CNS(=O)(=O)c1ccc(Cl)c(C(=O)NCc2ccccc2CN(C)C)c1. The number of benzene rings is 2. The average Bonchev–Trinajstić information content (AvgIpc) is 2.60. The lowest BCUT2D eigenvalue weighted by Crippen LogP contribution is -2.25. The van der Waals surface area contributed by atoms with Crippen molar-refractivity contribution in [3.8, 4) is 0 Å². The van der Waals surface area contributed by atoms with E-state index in [2.05, 4.69) is 10.0 Å². The number of amides is 1. The maximum atomic E-state index is 12.5. The molecule has 0 spiro atoms. The van der Waals surface area contributed by atoms with E-state index < -0.39 is 15.9 Å². The highest BCUT2D eigenvalue weighted by atomic mass is 35.5. The van der Waals surface area contributed by atoms with Gasteiger partial charge in [-0.3, -0.25) is 4.79 Å². The molecule has 6 nitrogen and oxygen atoms in total. The van der Waals surface area contributed by atoms with Crippen LogP contribution in [0, 0.1) is 0 Å². The van der Waals surface area contributed by atoms with E-state index in [1.165, 1.54) is 25.2 Å². The van der Waals surface area contributed by atoms with Crippen molar-refractivity contribution in [2.45, 2.75) is 18.0 Å². The summed E-state index contributed by atoms with van der Waals surface area (Å²) in [5, 5.41) is 3.00. The first kappa shape index (κ1) is 20.4. The highest BCUT2D eigenvalue weighted by Gasteiger charge is 2.17. The van der Waals surface area contributed by atoms with Crippen LogP contribution in [0.25, 0.3) is 0 Å². The summed E-state index contributed by atoms with van der Waals surface area (Å²) >= 11 is 6.08. The minimum Gasteiger partial charge on any atom is -0.348 e. The zero-order chi connectivity index (χ0) is 19.3. The number of sulfonamides is 1. The van der Waals surface area contributed by atoms with Crippen molar-refractivity contribution in [1.82, 2.24) is 14.9 Å². The molecular formula is C18H22ClN3O3S. The molecule has 0 radical (unpaired) electrons. The van der Waals surface area contributed by atoms with Crippen molar-refractivity contribution in [3.63, 3.8) is 0 Å². The Morgan fingerprint density at radius 2 is 1.77 bits per heavy atom. The second-order valence-electron chi connectivity index (χ2n) is 6.04. The molecular weight excluding hydrogens is 374 g/mol. The van der Waals surface area contributed by atoms with Gasteiger partial charge in [0, 0.05) is 13.1 Å². The molecule has 0 aliphatic carbocycles. The van der Waals surface area contributed by atoms with Gasteiger partial charge in [0.25, 0.3) is 5.91 Å². The predicted octanol–water partition coefficient (Wildman–Crippen LogP) is 2.24. The monoisotopic (exact) mass is 395 g/mol. The van der Waals surface area contributed by atoms with Crippen molar-refractivity contribution < 1.29 is 13.2 Å². The van der Waals surface area contributed by atoms with Crippen molar-refractivity contribution in [1.29, 1.82) is 0 Å². The minimum absolute atomic E-state index is 0.0115. The highest BCUT2D eigenvalue weighted by Crippen LogP contribution is 2.21. The molecule has 0 saturated heterocycles. The third-order valence-electron chi connectivity index (χ3n) is 3.81. The lowest BCUT2D eigenvalue weighted by molar-refractivity contribution is 0.0950. The number of carbonyl (C=O) groups is 1. The maximum absolute atomic E-state index is 12.5. The Morgan fingerprint density at radius 1 is 1.12 bits per heavy atom. The van der Waals surface area contributed by atoms with E-state index in [-0.39, 0.29) is 15.5 Å². The fraction of sp³-hybridized carbons (Fsp3) is 0.278. The smallest absolute Gasteiger partial charge is 0.253 e. The first-order chi connectivity index (χ1) is 12.2. The van der Waals surface area contributed by atoms with Crippen LogP contribution in [0.2, 0.25) is 5.02 Å². The molecule has 2 N–H and O–H groups in total. The lowest BCUT2D eigenvalue weighted by Gasteiger charge is -2.15. The molecule has 0 aromatic heterocycles. The van der Waals surface area contributed by atoms with Gasteiger partial charge in [0.05, 0.1) is 15.5 Å². The van der Waals surface area contributed by atoms with Gasteiger partial charge in [0.2, 0.25) is 10.0 Å².